The summed E-state index contributed by atoms with van der Waals surface area (Å²) < 4.78 is 10.6. The Morgan fingerprint density at radius 3 is 2.44 bits per heavy atom. The van der Waals surface area contributed by atoms with Crippen LogP contribution in [0.15, 0.2) is 47.4 Å². The van der Waals surface area contributed by atoms with Crippen LogP contribution in [0.4, 0.5) is 0 Å². The summed E-state index contributed by atoms with van der Waals surface area (Å²) in [5.41, 5.74) is 1.03. The summed E-state index contributed by atoms with van der Waals surface area (Å²) >= 11 is 4.23. The third-order valence-electron chi connectivity index (χ3n) is 2.48. The zero-order valence-corrected chi connectivity index (χ0v) is 10.9. The van der Waals surface area contributed by atoms with Gasteiger partial charge in [-0.25, -0.2) is 0 Å². The number of ether oxygens (including phenoxy) is 2. The molecule has 4 heteroatoms. The van der Waals surface area contributed by atoms with Gasteiger partial charge in [-0.3, -0.25) is 0 Å². The molecule has 18 heavy (non-hydrogen) atoms. The van der Waals surface area contributed by atoms with E-state index in [9.17, 15) is 5.11 Å². The molecule has 1 N–H and O–H groups in total. The summed E-state index contributed by atoms with van der Waals surface area (Å²) in [4.78, 5) is 0.674. The van der Waals surface area contributed by atoms with E-state index in [4.69, 9.17) is 9.47 Å². The molecule has 0 amide bonds. The van der Waals surface area contributed by atoms with Crippen LogP contribution in [0.3, 0.4) is 0 Å². The fourth-order valence-corrected chi connectivity index (χ4v) is 1.80. The second kappa shape index (κ2) is 5.69. The van der Waals surface area contributed by atoms with E-state index in [0.717, 1.165) is 5.56 Å². The van der Waals surface area contributed by atoms with Crippen LogP contribution in [0.25, 0.3) is 0 Å². The molecule has 0 saturated heterocycles. The molecule has 2 rings (SSSR count). The predicted octanol–water partition coefficient (Wildman–Crippen LogP) is 3.27. The summed E-state index contributed by atoms with van der Waals surface area (Å²) in [5.74, 6) is 0.708. The number of phenols is 1. The number of methoxy groups -OCH3 is 1. The highest BCUT2D eigenvalue weighted by molar-refractivity contribution is 7.80. The molecule has 3 nitrogen and oxygen atoms in total. The monoisotopic (exact) mass is 262 g/mol. The molecule has 2 aromatic carbocycles. The van der Waals surface area contributed by atoms with Crippen LogP contribution in [0.1, 0.15) is 5.56 Å². The van der Waals surface area contributed by atoms with Crippen molar-refractivity contribution in [3.8, 4) is 17.2 Å². The van der Waals surface area contributed by atoms with E-state index < -0.39 is 0 Å². The minimum Gasteiger partial charge on any atom is -0.502 e. The molecule has 0 aromatic heterocycles. The van der Waals surface area contributed by atoms with Gasteiger partial charge in [0, 0.05) is 4.90 Å². The molecule has 0 spiro atoms. The second-order valence-electron chi connectivity index (χ2n) is 3.77. The van der Waals surface area contributed by atoms with Gasteiger partial charge >= 0.3 is 0 Å². The first-order valence-corrected chi connectivity index (χ1v) is 5.92. The summed E-state index contributed by atoms with van der Waals surface area (Å²) in [5, 5.41) is 9.91. The maximum Gasteiger partial charge on any atom is 0.200 e. The van der Waals surface area contributed by atoms with Gasteiger partial charge in [0.25, 0.3) is 0 Å². The van der Waals surface area contributed by atoms with Crippen molar-refractivity contribution in [1.29, 1.82) is 0 Å². The maximum atomic E-state index is 9.91. The highest BCUT2D eigenvalue weighted by atomic mass is 32.1. The van der Waals surface area contributed by atoms with E-state index in [1.54, 1.807) is 12.1 Å². The third kappa shape index (κ3) is 2.90. The Balaban J connectivity index is 2.17. The van der Waals surface area contributed by atoms with Gasteiger partial charge in [0.1, 0.15) is 6.61 Å². The molecule has 0 saturated carbocycles. The molecule has 0 aliphatic carbocycles. The molecule has 0 atom stereocenters. The number of phenolic OH excluding ortho intramolecular Hbond substituents is 1. The molecule has 0 aliphatic heterocycles. The third-order valence-corrected chi connectivity index (χ3v) is 2.74. The van der Waals surface area contributed by atoms with Crippen molar-refractivity contribution in [2.24, 2.45) is 0 Å². The SMILES string of the molecule is COc1cc(S)cc(OCc2ccccc2)c1O. The largest absolute Gasteiger partial charge is 0.502 e. The van der Waals surface area contributed by atoms with E-state index in [-0.39, 0.29) is 5.75 Å². The number of rotatable bonds is 4. The lowest BCUT2D eigenvalue weighted by Gasteiger charge is -2.11. The summed E-state index contributed by atoms with van der Waals surface area (Å²) in [6.07, 6.45) is 0. The standard InChI is InChI=1S/C14H14O3S/c1-16-12-7-11(18)8-13(14(12)15)17-9-10-5-3-2-4-6-10/h2-8,15,18H,9H2,1H3. The van der Waals surface area contributed by atoms with Crippen LogP contribution in [-0.2, 0) is 6.61 Å². The molecule has 0 bridgehead atoms. The zero-order valence-electron chi connectivity index (χ0n) is 9.96. The number of hydrogen-bond acceptors (Lipinski definition) is 4. The maximum absolute atomic E-state index is 9.91. The summed E-state index contributed by atoms with van der Waals surface area (Å²) in [6.45, 7) is 0.384. The first kappa shape index (κ1) is 12.6. The number of thiol groups is 1. The van der Waals surface area contributed by atoms with Crippen molar-refractivity contribution in [3.05, 3.63) is 48.0 Å². The van der Waals surface area contributed by atoms with Crippen LogP contribution >= 0.6 is 12.6 Å². The van der Waals surface area contributed by atoms with E-state index in [1.165, 1.54) is 7.11 Å². The number of hydrogen-bond donors (Lipinski definition) is 2. The van der Waals surface area contributed by atoms with E-state index in [2.05, 4.69) is 12.6 Å². The Kier molecular flexibility index (Phi) is 3.99. The Morgan fingerprint density at radius 2 is 1.78 bits per heavy atom. The fraction of sp³-hybridized carbons (Fsp3) is 0.143. The molecule has 0 radical (unpaired) electrons. The highest BCUT2D eigenvalue weighted by Crippen LogP contribution is 2.38. The normalized spacial score (nSPS) is 10.1. The predicted molar refractivity (Wildman–Crippen MR) is 72.7 cm³/mol. The Morgan fingerprint density at radius 1 is 1.11 bits per heavy atom. The average Bonchev–Trinajstić information content (AvgIpc) is 2.40. The summed E-state index contributed by atoms with van der Waals surface area (Å²) in [7, 11) is 1.49. The van der Waals surface area contributed by atoms with Crippen LogP contribution < -0.4 is 9.47 Å². The van der Waals surface area contributed by atoms with Crippen molar-refractivity contribution in [3.63, 3.8) is 0 Å². The van der Waals surface area contributed by atoms with Gasteiger partial charge in [-0.15, -0.1) is 12.6 Å². The van der Waals surface area contributed by atoms with Crippen LogP contribution in [0.2, 0.25) is 0 Å². The minimum absolute atomic E-state index is 0.00812. The Bertz CT molecular complexity index is 526. The van der Waals surface area contributed by atoms with Crippen molar-refractivity contribution in [2.45, 2.75) is 11.5 Å². The molecule has 0 heterocycles. The van der Waals surface area contributed by atoms with Gasteiger partial charge in [-0.1, -0.05) is 30.3 Å². The van der Waals surface area contributed by atoms with E-state index >= 15 is 0 Å². The summed E-state index contributed by atoms with van der Waals surface area (Å²) in [6, 6.07) is 13.0. The first-order valence-electron chi connectivity index (χ1n) is 5.47. The second-order valence-corrected chi connectivity index (χ2v) is 4.29. The Labute approximate surface area is 111 Å². The van der Waals surface area contributed by atoms with Gasteiger partial charge in [0.05, 0.1) is 7.11 Å². The van der Waals surface area contributed by atoms with Gasteiger partial charge in [0.15, 0.2) is 11.5 Å². The fourth-order valence-electron chi connectivity index (χ4n) is 1.57. The van der Waals surface area contributed by atoms with Crippen molar-refractivity contribution >= 4 is 12.6 Å². The van der Waals surface area contributed by atoms with Gasteiger partial charge in [-0.2, -0.15) is 0 Å². The number of aromatic hydroxyl groups is 1. The molecule has 0 fully saturated rings. The van der Waals surface area contributed by atoms with Crippen molar-refractivity contribution < 1.29 is 14.6 Å². The van der Waals surface area contributed by atoms with Crippen LogP contribution in [0, 0.1) is 0 Å². The minimum atomic E-state index is -0.00812. The smallest absolute Gasteiger partial charge is 0.200 e. The number of benzene rings is 2. The molecule has 94 valence electrons. The quantitative estimate of drug-likeness (QED) is 0.831. The lowest BCUT2D eigenvalue weighted by atomic mass is 10.2. The molecular weight excluding hydrogens is 248 g/mol. The van der Waals surface area contributed by atoms with Gasteiger partial charge in [0.2, 0.25) is 5.75 Å². The molecular formula is C14H14O3S. The lowest BCUT2D eigenvalue weighted by Crippen LogP contribution is -1.96. The first-order chi connectivity index (χ1) is 8.70. The van der Waals surface area contributed by atoms with Crippen molar-refractivity contribution in [2.75, 3.05) is 7.11 Å². The van der Waals surface area contributed by atoms with E-state index in [0.29, 0.717) is 23.0 Å². The van der Waals surface area contributed by atoms with Crippen LogP contribution in [-0.4, -0.2) is 12.2 Å². The van der Waals surface area contributed by atoms with Gasteiger partial charge in [-0.05, 0) is 17.7 Å². The van der Waals surface area contributed by atoms with Gasteiger partial charge < -0.3 is 14.6 Å². The Hall–Kier alpha value is -1.81. The average molecular weight is 262 g/mol. The zero-order chi connectivity index (χ0) is 13.0. The molecule has 0 aliphatic rings. The highest BCUT2D eigenvalue weighted by Gasteiger charge is 2.10. The lowest BCUT2D eigenvalue weighted by molar-refractivity contribution is 0.280. The van der Waals surface area contributed by atoms with E-state index in [1.807, 2.05) is 30.3 Å². The molecule has 2 aromatic rings. The molecule has 0 unspecified atom stereocenters. The topological polar surface area (TPSA) is 38.7 Å². The van der Waals surface area contributed by atoms with Crippen molar-refractivity contribution in [1.82, 2.24) is 0 Å². The van der Waals surface area contributed by atoms with Crippen LogP contribution in [0.5, 0.6) is 17.2 Å².